The van der Waals surface area contributed by atoms with Crippen molar-refractivity contribution in [2.75, 3.05) is 44.3 Å². The van der Waals surface area contributed by atoms with Gasteiger partial charge in [0.1, 0.15) is 39.3 Å². The van der Waals surface area contributed by atoms with Crippen LogP contribution in [0.15, 0.2) is 53.8 Å². The Morgan fingerprint density at radius 1 is 1.16 bits per heavy atom. The monoisotopic (exact) mass is 550 g/mol. The van der Waals surface area contributed by atoms with Crippen molar-refractivity contribution in [3.8, 4) is 11.5 Å². The van der Waals surface area contributed by atoms with Crippen molar-refractivity contribution in [2.24, 2.45) is 4.99 Å². The van der Waals surface area contributed by atoms with Gasteiger partial charge in [-0.1, -0.05) is 35.8 Å². The predicted octanol–water partition coefficient (Wildman–Crippen LogP) is 4.99. The van der Waals surface area contributed by atoms with Gasteiger partial charge in [0.05, 0.1) is 37.6 Å². The molecular weight excluding hydrogens is 526 g/mol. The molecule has 0 saturated heterocycles. The summed E-state index contributed by atoms with van der Waals surface area (Å²) in [5, 5.41) is 8.28. The summed E-state index contributed by atoms with van der Waals surface area (Å²) in [5.74, 6) is -0.357. The van der Waals surface area contributed by atoms with Gasteiger partial charge in [0, 0.05) is 26.2 Å². The molecular formula is C24H25Cl2FN6O4. The van der Waals surface area contributed by atoms with Crippen molar-refractivity contribution >= 4 is 58.5 Å². The number of amides is 3. The first-order valence-corrected chi connectivity index (χ1v) is 11.5. The molecule has 0 aliphatic carbocycles. The predicted molar refractivity (Wildman–Crippen MR) is 143 cm³/mol. The largest absolute Gasteiger partial charge is 0.495 e. The van der Waals surface area contributed by atoms with E-state index < -0.39 is 23.9 Å². The van der Waals surface area contributed by atoms with Crippen molar-refractivity contribution in [1.29, 1.82) is 0 Å². The fourth-order valence-electron chi connectivity index (χ4n) is 3.36. The van der Waals surface area contributed by atoms with Gasteiger partial charge >= 0.3 is 6.03 Å². The van der Waals surface area contributed by atoms with Crippen LogP contribution in [-0.2, 0) is 4.79 Å². The lowest BCUT2D eigenvalue weighted by Gasteiger charge is -2.34. The van der Waals surface area contributed by atoms with Crippen LogP contribution < -0.4 is 25.4 Å². The second-order valence-electron chi connectivity index (χ2n) is 7.68. The van der Waals surface area contributed by atoms with E-state index in [9.17, 15) is 14.0 Å². The number of methoxy groups -OCH3 is 2. The van der Waals surface area contributed by atoms with Gasteiger partial charge in [-0.2, -0.15) is 0 Å². The van der Waals surface area contributed by atoms with Gasteiger partial charge in [-0.25, -0.2) is 14.2 Å². The fraction of sp³-hybridized carbons (Fsp3) is 0.208. The van der Waals surface area contributed by atoms with Gasteiger partial charge in [-0.15, -0.1) is 0 Å². The number of ether oxygens (including phenoxy) is 2. The first-order chi connectivity index (χ1) is 17.6. The Morgan fingerprint density at radius 3 is 2.41 bits per heavy atom. The standard InChI is InChI=1S/C24H25Cl2FN6O4/c1-6-18(34)29-14-9-7-8-13(27)22(14)30-17-11-19(32(2)12-28-17)33(3)24(35)31-23-20(25)15(36-4)10-16(37-5)21(23)26/h6-12,19,30H,1H2,2-5H3,(H,29,34)(H,31,35). The molecule has 0 radical (unpaired) electrons. The highest BCUT2D eigenvalue weighted by Crippen LogP contribution is 2.44. The number of anilines is 3. The van der Waals surface area contributed by atoms with Gasteiger partial charge < -0.3 is 35.2 Å². The van der Waals surface area contributed by atoms with Gasteiger partial charge in [-0.05, 0) is 18.2 Å². The maximum Gasteiger partial charge on any atom is 0.323 e. The number of carbonyl (C=O) groups excluding carboxylic acids is 2. The molecule has 3 amide bonds. The lowest BCUT2D eigenvalue weighted by Crippen LogP contribution is -2.49. The molecule has 1 heterocycles. The van der Waals surface area contributed by atoms with E-state index >= 15 is 0 Å². The van der Waals surface area contributed by atoms with Gasteiger partial charge in [0.2, 0.25) is 5.91 Å². The van der Waals surface area contributed by atoms with E-state index in [2.05, 4.69) is 27.5 Å². The molecule has 1 aliphatic rings. The summed E-state index contributed by atoms with van der Waals surface area (Å²) in [7, 11) is 6.10. The van der Waals surface area contributed by atoms with E-state index in [4.69, 9.17) is 32.7 Å². The van der Waals surface area contributed by atoms with Crippen molar-refractivity contribution in [1.82, 2.24) is 9.80 Å². The second-order valence-corrected chi connectivity index (χ2v) is 8.44. The van der Waals surface area contributed by atoms with Crippen molar-refractivity contribution in [3.05, 3.63) is 64.7 Å². The Morgan fingerprint density at radius 2 is 1.81 bits per heavy atom. The Kier molecular flexibility index (Phi) is 8.85. The first-order valence-electron chi connectivity index (χ1n) is 10.7. The summed E-state index contributed by atoms with van der Waals surface area (Å²) in [6, 6.07) is 5.16. The quantitative estimate of drug-likeness (QED) is 0.399. The number of aliphatic imine (C=N–C) groups is 1. The number of likely N-dealkylation sites (N-methyl/N-ethyl adjacent to an activating group) is 2. The lowest BCUT2D eigenvalue weighted by molar-refractivity contribution is -0.111. The highest BCUT2D eigenvalue weighted by atomic mass is 35.5. The number of nitrogens with one attached hydrogen (secondary N) is 3. The maximum atomic E-state index is 14.6. The number of para-hydroxylation sites is 1. The molecule has 196 valence electrons. The molecule has 1 aliphatic heterocycles. The summed E-state index contributed by atoms with van der Waals surface area (Å²) < 4.78 is 25.1. The molecule has 2 aromatic carbocycles. The molecule has 37 heavy (non-hydrogen) atoms. The van der Waals surface area contributed by atoms with Crippen LogP contribution in [0, 0.1) is 5.82 Å². The third-order valence-electron chi connectivity index (χ3n) is 5.34. The molecule has 0 fully saturated rings. The Balaban J connectivity index is 1.86. The van der Waals surface area contributed by atoms with Crippen LogP contribution in [0.3, 0.4) is 0 Å². The summed E-state index contributed by atoms with van der Waals surface area (Å²) in [6.45, 7) is 3.40. The molecule has 10 nitrogen and oxygen atoms in total. The van der Waals surface area contributed by atoms with E-state index in [1.54, 1.807) is 25.1 Å². The minimum atomic E-state index is -0.650. The zero-order valence-corrected chi connectivity index (χ0v) is 21.9. The molecule has 0 saturated carbocycles. The average molecular weight is 551 g/mol. The number of halogens is 3. The minimum Gasteiger partial charge on any atom is -0.495 e. The number of nitrogens with zero attached hydrogens (tertiary/aromatic N) is 3. The van der Waals surface area contributed by atoms with Gasteiger partial charge in [0.15, 0.2) is 0 Å². The highest BCUT2D eigenvalue weighted by molar-refractivity contribution is 6.41. The van der Waals surface area contributed by atoms with Crippen LogP contribution in [0.4, 0.5) is 26.2 Å². The molecule has 13 heteroatoms. The van der Waals surface area contributed by atoms with Crippen molar-refractivity contribution in [3.63, 3.8) is 0 Å². The van der Waals surface area contributed by atoms with E-state index in [1.807, 2.05) is 0 Å². The Hall–Kier alpha value is -3.96. The minimum absolute atomic E-state index is 0.00135. The van der Waals surface area contributed by atoms with Crippen LogP contribution >= 0.6 is 23.2 Å². The topological polar surface area (TPSA) is 108 Å². The lowest BCUT2D eigenvalue weighted by atomic mass is 10.2. The van der Waals surface area contributed by atoms with E-state index in [0.29, 0.717) is 0 Å². The van der Waals surface area contributed by atoms with E-state index in [0.717, 1.165) is 6.08 Å². The molecule has 0 aromatic heterocycles. The van der Waals surface area contributed by atoms with E-state index in [-0.39, 0.29) is 44.4 Å². The molecule has 3 N–H and O–H groups in total. The maximum absolute atomic E-state index is 14.6. The SMILES string of the molecule is C=CC(=O)Nc1cccc(F)c1NC1=CC(N(C)C(=O)Nc2c(Cl)c(OC)cc(OC)c2Cl)N(C)C=N1. The number of rotatable bonds is 8. The van der Waals surface area contributed by atoms with Gasteiger partial charge in [0.25, 0.3) is 0 Å². The summed E-state index contributed by atoms with van der Waals surface area (Å²) in [6.07, 6.45) is 3.49. The smallest absolute Gasteiger partial charge is 0.323 e. The fourth-order valence-corrected chi connectivity index (χ4v) is 3.96. The van der Waals surface area contributed by atoms with Crippen molar-refractivity contribution in [2.45, 2.75) is 6.17 Å². The molecule has 1 unspecified atom stereocenters. The highest BCUT2D eigenvalue weighted by Gasteiger charge is 2.27. The van der Waals surface area contributed by atoms with E-state index in [1.165, 1.54) is 49.7 Å². The number of hydrogen-bond donors (Lipinski definition) is 3. The Labute approximate surface area is 223 Å². The van der Waals surface area contributed by atoms with Crippen molar-refractivity contribution < 1.29 is 23.5 Å². The average Bonchev–Trinajstić information content (AvgIpc) is 2.89. The third-order valence-corrected chi connectivity index (χ3v) is 6.09. The molecule has 2 aromatic rings. The van der Waals surface area contributed by atoms with Gasteiger partial charge in [-0.3, -0.25) is 4.79 Å². The zero-order chi connectivity index (χ0) is 27.3. The van der Waals surface area contributed by atoms with Crippen LogP contribution in [0.1, 0.15) is 0 Å². The first kappa shape index (κ1) is 27.6. The summed E-state index contributed by atoms with van der Waals surface area (Å²) >= 11 is 12.7. The normalized spacial score (nSPS) is 14.4. The molecule has 3 rings (SSSR count). The van der Waals surface area contributed by atoms with Crippen LogP contribution in [-0.4, -0.2) is 62.6 Å². The van der Waals surface area contributed by atoms with Crippen LogP contribution in [0.2, 0.25) is 10.0 Å². The number of urea groups is 1. The Bertz CT molecular complexity index is 1260. The summed E-state index contributed by atoms with van der Waals surface area (Å²) in [5.41, 5.74) is 0.303. The molecule has 0 bridgehead atoms. The molecule has 0 spiro atoms. The number of hydrogen-bond acceptors (Lipinski definition) is 7. The molecule has 1 atom stereocenters. The third kappa shape index (κ3) is 6.07. The second kappa shape index (κ2) is 11.8. The number of benzene rings is 2. The zero-order valence-electron chi connectivity index (χ0n) is 20.4. The number of carbonyl (C=O) groups is 2. The summed E-state index contributed by atoms with van der Waals surface area (Å²) in [4.78, 5) is 32.2. The van der Waals surface area contributed by atoms with Crippen LogP contribution in [0.5, 0.6) is 11.5 Å². The van der Waals surface area contributed by atoms with Crippen LogP contribution in [0.25, 0.3) is 0 Å².